The standard InChI is InChI=1S/C25H29O4P/c26-30(27,28)10-6-2-1-3-8-20-16-19-7-4-5-9-23(19)29-25(20)24-21-12-17-11-18(14-21)15-22(24)13-17/h1-10,16-18,21-22,24-25H,11-15H2,(H2,26,27,28)/b2-1+,8-3+,10-6+. The predicted octanol–water partition coefficient (Wildman–Crippen LogP) is 5.71. The van der Waals surface area contributed by atoms with Gasteiger partial charge in [0, 0.05) is 17.3 Å². The molecule has 4 fully saturated rings. The Hall–Kier alpha value is -1.87. The Morgan fingerprint density at radius 2 is 1.57 bits per heavy atom. The molecule has 1 aliphatic heterocycles. The summed E-state index contributed by atoms with van der Waals surface area (Å²) in [7, 11) is -4.11. The minimum Gasteiger partial charge on any atom is -0.485 e. The van der Waals surface area contributed by atoms with Gasteiger partial charge in [0.15, 0.2) is 0 Å². The zero-order valence-corrected chi connectivity index (χ0v) is 17.9. The van der Waals surface area contributed by atoms with Crippen LogP contribution in [0.25, 0.3) is 6.08 Å². The fraction of sp³-hybridized carbons (Fsp3) is 0.440. The number of allylic oxidation sites excluding steroid dienone is 4. The second kappa shape index (κ2) is 8.00. The lowest BCUT2D eigenvalue weighted by Crippen LogP contribution is -2.51. The Balaban J connectivity index is 1.40. The molecule has 0 saturated heterocycles. The average Bonchev–Trinajstić information content (AvgIpc) is 2.69. The Kier molecular flexibility index (Phi) is 5.35. The molecule has 0 radical (unpaired) electrons. The minimum atomic E-state index is -4.11. The van der Waals surface area contributed by atoms with Gasteiger partial charge in [-0.05, 0) is 73.5 Å². The van der Waals surface area contributed by atoms with E-state index >= 15 is 0 Å². The maximum Gasteiger partial charge on any atom is 0.349 e. The van der Waals surface area contributed by atoms with Gasteiger partial charge < -0.3 is 14.5 Å². The summed E-state index contributed by atoms with van der Waals surface area (Å²) in [5.41, 5.74) is 2.32. The van der Waals surface area contributed by atoms with Crippen LogP contribution >= 0.6 is 7.60 Å². The summed E-state index contributed by atoms with van der Waals surface area (Å²) < 4.78 is 17.5. The van der Waals surface area contributed by atoms with E-state index in [1.165, 1.54) is 43.8 Å². The van der Waals surface area contributed by atoms with Crippen LogP contribution in [0.1, 0.15) is 37.7 Å². The van der Waals surface area contributed by atoms with E-state index in [0.717, 1.165) is 40.8 Å². The molecule has 30 heavy (non-hydrogen) atoms. The maximum absolute atomic E-state index is 10.9. The monoisotopic (exact) mass is 424 g/mol. The summed E-state index contributed by atoms with van der Waals surface area (Å²) in [5.74, 6) is 5.89. The summed E-state index contributed by atoms with van der Waals surface area (Å²) in [6.45, 7) is 0. The van der Waals surface area contributed by atoms with Crippen LogP contribution in [0.15, 0.2) is 66.0 Å². The van der Waals surface area contributed by atoms with Gasteiger partial charge >= 0.3 is 7.60 Å². The van der Waals surface area contributed by atoms with Crippen molar-refractivity contribution in [2.75, 3.05) is 0 Å². The van der Waals surface area contributed by atoms with Gasteiger partial charge in [0.05, 0.1) is 0 Å². The summed E-state index contributed by atoms with van der Waals surface area (Å²) in [5, 5.41) is 0. The van der Waals surface area contributed by atoms with Gasteiger partial charge in [0.1, 0.15) is 11.9 Å². The van der Waals surface area contributed by atoms with Crippen LogP contribution in [0, 0.1) is 29.6 Å². The van der Waals surface area contributed by atoms with E-state index in [2.05, 4.69) is 24.3 Å². The van der Waals surface area contributed by atoms with Crippen LogP contribution in [0.5, 0.6) is 5.75 Å². The smallest absolute Gasteiger partial charge is 0.349 e. The fourth-order valence-corrected chi connectivity index (χ4v) is 6.86. The van der Waals surface area contributed by atoms with Crippen molar-refractivity contribution in [1.82, 2.24) is 0 Å². The van der Waals surface area contributed by atoms with Gasteiger partial charge in [0.25, 0.3) is 0 Å². The molecule has 1 aromatic rings. The van der Waals surface area contributed by atoms with Gasteiger partial charge in [0.2, 0.25) is 0 Å². The molecule has 4 nitrogen and oxygen atoms in total. The van der Waals surface area contributed by atoms with Crippen LogP contribution in [0.4, 0.5) is 0 Å². The van der Waals surface area contributed by atoms with Gasteiger partial charge in [-0.1, -0.05) is 48.6 Å². The van der Waals surface area contributed by atoms with E-state index in [0.29, 0.717) is 5.92 Å². The summed E-state index contributed by atoms with van der Waals surface area (Å²) in [4.78, 5) is 17.8. The number of fused-ring (bicyclic) bond motifs is 1. The average molecular weight is 424 g/mol. The molecular weight excluding hydrogens is 395 g/mol. The van der Waals surface area contributed by atoms with E-state index in [-0.39, 0.29) is 6.10 Å². The molecule has 0 spiro atoms. The fourth-order valence-electron chi connectivity index (χ4n) is 6.54. The molecule has 0 amide bonds. The molecular formula is C25H29O4P. The van der Waals surface area contributed by atoms with Gasteiger partial charge in [-0.3, -0.25) is 4.57 Å². The van der Waals surface area contributed by atoms with Crippen molar-refractivity contribution in [3.8, 4) is 5.75 Å². The SMILES string of the molecule is O=P(O)(O)/C=C/C=C/C=C/C1=Cc2ccccc2OC1C1C2CC3CC(C2)CC1C3. The Morgan fingerprint density at radius 3 is 2.27 bits per heavy atom. The third-order valence-electron chi connectivity index (χ3n) is 7.38. The molecule has 158 valence electrons. The van der Waals surface area contributed by atoms with E-state index in [4.69, 9.17) is 14.5 Å². The first-order valence-electron chi connectivity index (χ1n) is 11.0. The third kappa shape index (κ3) is 4.14. The summed E-state index contributed by atoms with van der Waals surface area (Å²) in [6.07, 6.45) is 18.1. The number of benzene rings is 1. The third-order valence-corrected chi connectivity index (χ3v) is 7.94. The Morgan fingerprint density at radius 1 is 0.900 bits per heavy atom. The highest BCUT2D eigenvalue weighted by Crippen LogP contribution is 2.58. The highest BCUT2D eigenvalue weighted by molar-refractivity contribution is 7.55. The number of rotatable bonds is 5. The first kappa shape index (κ1) is 20.1. The molecule has 1 unspecified atom stereocenters. The van der Waals surface area contributed by atoms with Crippen molar-refractivity contribution < 1.29 is 19.1 Å². The lowest BCUT2D eigenvalue weighted by atomic mass is 9.50. The Bertz CT molecular complexity index is 939. The van der Waals surface area contributed by atoms with Crippen molar-refractivity contribution in [3.05, 3.63) is 71.6 Å². The van der Waals surface area contributed by atoms with Gasteiger partial charge in [-0.2, -0.15) is 0 Å². The van der Waals surface area contributed by atoms with Crippen molar-refractivity contribution in [1.29, 1.82) is 0 Å². The van der Waals surface area contributed by atoms with E-state index in [9.17, 15) is 4.57 Å². The molecule has 0 aromatic heterocycles. The normalized spacial score (nSPS) is 35.2. The molecule has 1 heterocycles. The van der Waals surface area contributed by atoms with Gasteiger partial charge in [-0.15, -0.1) is 0 Å². The highest BCUT2D eigenvalue weighted by atomic mass is 31.2. The molecule has 1 atom stereocenters. The van der Waals surface area contributed by atoms with E-state index in [1.54, 1.807) is 6.08 Å². The zero-order valence-electron chi connectivity index (χ0n) is 17.0. The van der Waals surface area contributed by atoms with Crippen molar-refractivity contribution in [3.63, 3.8) is 0 Å². The molecule has 1 aromatic carbocycles. The van der Waals surface area contributed by atoms with Crippen LogP contribution in [0.3, 0.4) is 0 Å². The maximum atomic E-state index is 10.9. The molecule has 5 heteroatoms. The zero-order chi connectivity index (χ0) is 20.7. The van der Waals surface area contributed by atoms with Crippen LogP contribution in [-0.2, 0) is 4.57 Å². The number of ether oxygens (including phenoxy) is 1. The van der Waals surface area contributed by atoms with Crippen LogP contribution in [-0.4, -0.2) is 15.9 Å². The van der Waals surface area contributed by atoms with E-state index in [1.807, 2.05) is 24.3 Å². The number of hydrogen-bond acceptors (Lipinski definition) is 2. The van der Waals surface area contributed by atoms with Crippen molar-refractivity contribution in [2.24, 2.45) is 29.6 Å². The molecule has 5 aliphatic rings. The van der Waals surface area contributed by atoms with Crippen molar-refractivity contribution >= 4 is 13.7 Å². The molecule has 4 saturated carbocycles. The largest absolute Gasteiger partial charge is 0.485 e. The number of hydrogen-bond donors (Lipinski definition) is 2. The first-order chi connectivity index (χ1) is 14.5. The molecule has 6 rings (SSSR count). The van der Waals surface area contributed by atoms with E-state index < -0.39 is 7.60 Å². The summed E-state index contributed by atoms with van der Waals surface area (Å²) >= 11 is 0. The number of para-hydroxylation sites is 1. The minimum absolute atomic E-state index is 0.0881. The lowest BCUT2D eigenvalue weighted by molar-refractivity contribution is -0.0724. The van der Waals surface area contributed by atoms with Crippen LogP contribution in [0.2, 0.25) is 0 Å². The molecule has 2 N–H and O–H groups in total. The predicted molar refractivity (Wildman–Crippen MR) is 119 cm³/mol. The highest BCUT2D eigenvalue weighted by Gasteiger charge is 2.52. The molecule has 4 bridgehead atoms. The first-order valence-corrected chi connectivity index (χ1v) is 12.7. The quantitative estimate of drug-likeness (QED) is 0.470. The lowest BCUT2D eigenvalue weighted by Gasteiger charge is -2.56. The van der Waals surface area contributed by atoms with Crippen LogP contribution < -0.4 is 4.74 Å². The van der Waals surface area contributed by atoms with Gasteiger partial charge in [-0.25, -0.2) is 0 Å². The second-order valence-corrected chi connectivity index (χ2v) is 10.9. The molecule has 4 aliphatic carbocycles. The topological polar surface area (TPSA) is 66.8 Å². The Labute approximate surface area is 178 Å². The second-order valence-electron chi connectivity index (χ2n) is 9.40. The summed E-state index contributed by atoms with van der Waals surface area (Å²) in [6, 6.07) is 8.24. The van der Waals surface area contributed by atoms with Crippen molar-refractivity contribution in [2.45, 2.75) is 38.2 Å².